The number of Topliss-reactive ketones (excluding diaryl/α,β-unsaturated/α-hetero) is 1. The van der Waals surface area contributed by atoms with Crippen molar-refractivity contribution >= 4 is 29.6 Å². The molecule has 0 aromatic carbocycles. The van der Waals surface area contributed by atoms with Crippen molar-refractivity contribution in [1.29, 1.82) is 0 Å². The van der Waals surface area contributed by atoms with Gasteiger partial charge in [0.15, 0.2) is 5.78 Å². The van der Waals surface area contributed by atoms with Crippen molar-refractivity contribution < 1.29 is 52.5 Å². The number of rotatable bonds is 7. The number of amides is 1. The fourth-order valence-electron chi connectivity index (χ4n) is 3.86. The van der Waals surface area contributed by atoms with Gasteiger partial charge in [-0.2, -0.15) is 13.2 Å². The van der Waals surface area contributed by atoms with Gasteiger partial charge in [-0.3, -0.25) is 19.2 Å². The smallest absolute Gasteiger partial charge is 0.481 e. The number of hydrogen-bond acceptors (Lipinski definition) is 6. The van der Waals surface area contributed by atoms with Gasteiger partial charge in [-0.25, -0.2) is 4.79 Å². The highest BCUT2D eigenvalue weighted by molar-refractivity contribution is 5.93. The lowest BCUT2D eigenvalue weighted by molar-refractivity contribution is -0.192. The molecule has 0 aromatic rings. The molecule has 0 spiro atoms. The average Bonchev–Trinajstić information content (AvgIpc) is 3.09. The van der Waals surface area contributed by atoms with Gasteiger partial charge in [-0.1, -0.05) is 12.8 Å². The first kappa shape index (κ1) is 27.3. The molecule has 2 fully saturated rings. The minimum absolute atomic E-state index is 0.00454. The van der Waals surface area contributed by atoms with Gasteiger partial charge in [0.2, 0.25) is 5.91 Å². The molecule has 2 aliphatic rings. The minimum atomic E-state index is -5.08. The van der Waals surface area contributed by atoms with Crippen molar-refractivity contribution in [3.05, 3.63) is 0 Å². The highest BCUT2D eigenvalue weighted by Gasteiger charge is 2.43. The van der Waals surface area contributed by atoms with Crippen LogP contribution in [0.3, 0.4) is 0 Å². The van der Waals surface area contributed by atoms with Gasteiger partial charge in [0.1, 0.15) is 0 Å². The van der Waals surface area contributed by atoms with Crippen molar-refractivity contribution in [2.45, 2.75) is 82.1 Å². The van der Waals surface area contributed by atoms with Crippen LogP contribution in [0.1, 0.15) is 57.8 Å². The fourth-order valence-corrected chi connectivity index (χ4v) is 3.86. The number of fused-ring (bicyclic) bond motifs is 1. The summed E-state index contributed by atoms with van der Waals surface area (Å²) in [7, 11) is 0. The van der Waals surface area contributed by atoms with E-state index in [4.69, 9.17) is 20.7 Å². The Morgan fingerprint density at radius 2 is 1.59 bits per heavy atom. The Labute approximate surface area is 181 Å². The molecule has 0 aromatic heterocycles. The van der Waals surface area contributed by atoms with E-state index in [0.717, 1.165) is 25.7 Å². The largest absolute Gasteiger partial charge is 0.490 e. The second-order valence-corrected chi connectivity index (χ2v) is 7.82. The van der Waals surface area contributed by atoms with Gasteiger partial charge in [0.25, 0.3) is 0 Å². The summed E-state index contributed by atoms with van der Waals surface area (Å²) in [5, 5.41) is 25.1. The third kappa shape index (κ3) is 8.09. The lowest BCUT2D eigenvalue weighted by atomic mass is 9.93. The number of carbonyl (C=O) groups is 5. The average molecular weight is 468 g/mol. The zero-order chi connectivity index (χ0) is 24.6. The molecule has 13 heteroatoms. The summed E-state index contributed by atoms with van der Waals surface area (Å²) in [6.45, 7) is 0. The summed E-state index contributed by atoms with van der Waals surface area (Å²) < 4.78 is 31.7. The normalized spacial score (nSPS) is 24.3. The van der Waals surface area contributed by atoms with Crippen LogP contribution in [0.15, 0.2) is 0 Å². The molecule has 1 amide bonds. The Bertz CT molecular complexity index is 728. The van der Waals surface area contributed by atoms with E-state index in [1.165, 1.54) is 0 Å². The second-order valence-electron chi connectivity index (χ2n) is 7.82. The molecule has 2 aliphatic heterocycles. The molecule has 10 nitrogen and oxygen atoms in total. The maximum Gasteiger partial charge on any atom is 0.490 e. The topological polar surface area (TPSA) is 175 Å². The third-order valence-corrected chi connectivity index (χ3v) is 5.49. The molecule has 0 aliphatic carbocycles. The van der Waals surface area contributed by atoms with Crippen LogP contribution in [-0.4, -0.2) is 74.1 Å². The molecule has 2 rings (SSSR count). The number of carbonyl (C=O) groups excluding carboxylic acids is 2. The summed E-state index contributed by atoms with van der Waals surface area (Å²) in [4.78, 5) is 57.7. The zero-order valence-electron chi connectivity index (χ0n) is 17.2. The Hall–Kier alpha value is -2.70. The maximum atomic E-state index is 12.7. The highest BCUT2D eigenvalue weighted by Crippen LogP contribution is 2.32. The van der Waals surface area contributed by atoms with E-state index in [1.807, 2.05) is 0 Å². The van der Waals surface area contributed by atoms with E-state index in [-0.39, 0.29) is 37.0 Å². The standard InChI is InChI=1S/C17H26N2O6.C2HF3O2/c18-12-4-2-1-3-11-6-7-13(19(11)16(12)23)14(20)9-10(17(24)25)5-8-15(21)22;3-2(4,5)1(6)7/h10-13H,1-9,18H2,(H,21,22)(H,24,25);(H,6,7)/t10-,11-,12+,13+;/m1./s1. The molecule has 2 saturated heterocycles. The van der Waals surface area contributed by atoms with Crippen LogP contribution in [0.2, 0.25) is 0 Å². The summed E-state index contributed by atoms with van der Waals surface area (Å²) >= 11 is 0. The van der Waals surface area contributed by atoms with Crippen molar-refractivity contribution in [1.82, 2.24) is 4.90 Å². The molecule has 32 heavy (non-hydrogen) atoms. The maximum absolute atomic E-state index is 12.7. The quantitative estimate of drug-likeness (QED) is 0.430. The Morgan fingerprint density at radius 1 is 1.03 bits per heavy atom. The molecule has 2 heterocycles. The van der Waals surface area contributed by atoms with Crippen molar-refractivity contribution in [3.8, 4) is 0 Å². The first-order valence-electron chi connectivity index (χ1n) is 10.1. The first-order valence-corrected chi connectivity index (χ1v) is 10.1. The van der Waals surface area contributed by atoms with Gasteiger partial charge in [-0.05, 0) is 32.1 Å². The van der Waals surface area contributed by atoms with Crippen molar-refractivity contribution in [2.24, 2.45) is 11.7 Å². The Morgan fingerprint density at radius 3 is 2.09 bits per heavy atom. The van der Waals surface area contributed by atoms with Crippen LogP contribution >= 0.6 is 0 Å². The highest BCUT2D eigenvalue weighted by atomic mass is 19.4. The van der Waals surface area contributed by atoms with E-state index in [1.54, 1.807) is 4.90 Å². The molecule has 182 valence electrons. The molecular weight excluding hydrogens is 441 g/mol. The van der Waals surface area contributed by atoms with E-state index >= 15 is 0 Å². The van der Waals surface area contributed by atoms with Crippen LogP contribution in [0.25, 0.3) is 0 Å². The Balaban J connectivity index is 0.000000633. The predicted molar refractivity (Wildman–Crippen MR) is 101 cm³/mol. The molecular formula is C19H27F3N2O8. The van der Waals surface area contributed by atoms with E-state index in [9.17, 15) is 37.5 Å². The van der Waals surface area contributed by atoms with Gasteiger partial charge >= 0.3 is 24.1 Å². The van der Waals surface area contributed by atoms with E-state index < -0.39 is 42.1 Å². The van der Waals surface area contributed by atoms with Crippen LogP contribution in [0.4, 0.5) is 13.2 Å². The van der Waals surface area contributed by atoms with Crippen molar-refractivity contribution in [2.75, 3.05) is 0 Å². The molecule has 4 atom stereocenters. The lowest BCUT2D eigenvalue weighted by Crippen LogP contribution is -2.52. The van der Waals surface area contributed by atoms with Gasteiger partial charge in [0, 0.05) is 18.9 Å². The van der Waals surface area contributed by atoms with Crippen LogP contribution in [0.5, 0.6) is 0 Å². The number of carboxylic acids is 3. The number of aliphatic carboxylic acids is 3. The van der Waals surface area contributed by atoms with Gasteiger partial charge in [-0.15, -0.1) is 0 Å². The van der Waals surface area contributed by atoms with Crippen LogP contribution in [0, 0.1) is 5.92 Å². The Kier molecular flexibility index (Phi) is 10.1. The van der Waals surface area contributed by atoms with Crippen molar-refractivity contribution in [3.63, 3.8) is 0 Å². The predicted octanol–water partition coefficient (Wildman–Crippen LogP) is 1.41. The van der Waals surface area contributed by atoms with Crippen LogP contribution < -0.4 is 5.73 Å². The number of nitrogens with zero attached hydrogens (tertiary/aromatic N) is 1. The zero-order valence-corrected chi connectivity index (χ0v) is 17.2. The first-order chi connectivity index (χ1) is 14.8. The fraction of sp³-hybridized carbons (Fsp3) is 0.737. The number of nitrogens with two attached hydrogens (primary N) is 1. The molecule has 0 radical (unpaired) electrons. The number of ketones is 1. The van der Waals surface area contributed by atoms with E-state index in [2.05, 4.69) is 0 Å². The number of halogens is 3. The third-order valence-electron chi connectivity index (χ3n) is 5.49. The van der Waals surface area contributed by atoms with E-state index in [0.29, 0.717) is 12.8 Å². The van der Waals surface area contributed by atoms with Gasteiger partial charge in [0.05, 0.1) is 18.0 Å². The number of hydrogen-bond donors (Lipinski definition) is 4. The summed E-state index contributed by atoms with van der Waals surface area (Å²) in [5.41, 5.74) is 5.93. The minimum Gasteiger partial charge on any atom is -0.481 e. The molecule has 0 bridgehead atoms. The number of carboxylic acid groups (broad SMARTS) is 3. The van der Waals surface area contributed by atoms with Gasteiger partial charge < -0.3 is 26.0 Å². The second kappa shape index (κ2) is 11.8. The number of alkyl halides is 3. The SMILES string of the molecule is N[C@H]1CCCC[C@@H]2CC[C@@H](C(=O)C[C@@H](CCC(=O)O)C(=O)O)N2C1=O.O=C(O)C(F)(F)F. The summed E-state index contributed by atoms with van der Waals surface area (Å²) in [6, 6.07) is -1.25. The summed E-state index contributed by atoms with van der Waals surface area (Å²) in [6.07, 6.45) is -1.20. The monoisotopic (exact) mass is 468 g/mol. The molecule has 0 unspecified atom stereocenters. The lowest BCUT2D eigenvalue weighted by Gasteiger charge is -2.34. The summed E-state index contributed by atoms with van der Waals surface area (Å²) in [5.74, 6) is -6.60. The molecule has 5 N–H and O–H groups in total. The van der Waals surface area contributed by atoms with Crippen LogP contribution in [-0.2, 0) is 24.0 Å². The molecule has 0 saturated carbocycles.